The molecule has 1 aliphatic rings. The minimum absolute atomic E-state index is 0.0124. The van der Waals surface area contributed by atoms with E-state index in [4.69, 9.17) is 5.73 Å². The summed E-state index contributed by atoms with van der Waals surface area (Å²) in [7, 11) is 0. The van der Waals surface area contributed by atoms with Crippen molar-refractivity contribution in [3.8, 4) is 0 Å². The third-order valence-corrected chi connectivity index (χ3v) is 3.87. The molecule has 1 aromatic carbocycles. The van der Waals surface area contributed by atoms with Crippen molar-refractivity contribution in [1.82, 2.24) is 4.98 Å². The van der Waals surface area contributed by atoms with Gasteiger partial charge in [0.15, 0.2) is 0 Å². The van der Waals surface area contributed by atoms with Gasteiger partial charge in [-0.15, -0.1) is 0 Å². The van der Waals surface area contributed by atoms with Crippen LogP contribution in [0.25, 0.3) is 10.9 Å². The van der Waals surface area contributed by atoms with Gasteiger partial charge in [0.05, 0.1) is 0 Å². The average molecular weight is 218 g/mol. The van der Waals surface area contributed by atoms with Crippen LogP contribution < -0.4 is 5.73 Å². The van der Waals surface area contributed by atoms with Crippen molar-refractivity contribution in [3.05, 3.63) is 35.8 Å². The van der Waals surface area contributed by atoms with Gasteiger partial charge in [-0.05, 0) is 37.5 Å². The van der Waals surface area contributed by atoms with E-state index in [-0.39, 0.29) is 17.3 Å². The second kappa shape index (κ2) is 3.08. The summed E-state index contributed by atoms with van der Waals surface area (Å²) in [6.07, 6.45) is 3.76. The van der Waals surface area contributed by atoms with E-state index in [1.165, 1.54) is 0 Å². The highest BCUT2D eigenvalue weighted by Crippen LogP contribution is 2.51. The molecular formula is C13H15FN2. The molecule has 0 spiro atoms. The Labute approximate surface area is 93.6 Å². The molecule has 1 unspecified atom stereocenters. The summed E-state index contributed by atoms with van der Waals surface area (Å²) in [5.74, 6) is -0.103. The fourth-order valence-electron chi connectivity index (χ4n) is 2.59. The highest BCUT2D eigenvalue weighted by molar-refractivity contribution is 5.81. The van der Waals surface area contributed by atoms with Gasteiger partial charge in [0.25, 0.3) is 0 Å². The maximum Gasteiger partial charge on any atom is 0.136 e. The lowest BCUT2D eigenvalue weighted by Gasteiger charge is -2.20. The fourth-order valence-corrected chi connectivity index (χ4v) is 2.59. The molecule has 2 nitrogen and oxygen atoms in total. The third kappa shape index (κ3) is 1.15. The first kappa shape index (κ1) is 9.85. The number of nitrogens with one attached hydrogen (secondary N) is 1. The lowest BCUT2D eigenvalue weighted by Crippen LogP contribution is -2.32. The highest BCUT2D eigenvalue weighted by Gasteiger charge is 2.49. The number of H-pyrrole nitrogens is 1. The van der Waals surface area contributed by atoms with Crippen molar-refractivity contribution in [3.63, 3.8) is 0 Å². The van der Waals surface area contributed by atoms with Crippen LogP contribution in [-0.4, -0.2) is 11.0 Å². The van der Waals surface area contributed by atoms with E-state index in [1.54, 1.807) is 12.3 Å². The van der Waals surface area contributed by atoms with Crippen LogP contribution in [0, 0.1) is 5.82 Å². The van der Waals surface area contributed by atoms with Crippen molar-refractivity contribution in [2.24, 2.45) is 5.73 Å². The Morgan fingerprint density at radius 2 is 2.12 bits per heavy atom. The molecule has 1 fully saturated rings. The fraction of sp³-hybridized carbons (Fsp3) is 0.385. The first-order valence-electron chi connectivity index (χ1n) is 5.67. The first-order valence-corrected chi connectivity index (χ1v) is 5.67. The molecule has 0 amide bonds. The van der Waals surface area contributed by atoms with E-state index in [2.05, 4.69) is 4.98 Å². The summed E-state index contributed by atoms with van der Waals surface area (Å²) < 4.78 is 14.3. The number of nitrogens with two attached hydrogens (primary N) is 1. The van der Waals surface area contributed by atoms with Crippen molar-refractivity contribution in [2.75, 3.05) is 0 Å². The Kier molecular flexibility index (Phi) is 1.89. The number of hydrogen-bond donors (Lipinski definition) is 2. The van der Waals surface area contributed by atoms with Crippen LogP contribution in [0.15, 0.2) is 24.4 Å². The quantitative estimate of drug-likeness (QED) is 0.799. The average Bonchev–Trinajstić information content (AvgIpc) is 2.90. The molecule has 3 rings (SSSR count). The van der Waals surface area contributed by atoms with Crippen LogP contribution in [0.4, 0.5) is 4.39 Å². The largest absolute Gasteiger partial charge is 0.361 e. The van der Waals surface area contributed by atoms with E-state index < -0.39 is 0 Å². The second-order valence-electron chi connectivity index (χ2n) is 4.81. The number of fused-ring (bicyclic) bond motifs is 1. The second-order valence-corrected chi connectivity index (χ2v) is 4.81. The SMILES string of the molecule is CC(N)C1(c2ccc3[nH]ccc3c2F)CC1. The lowest BCUT2D eigenvalue weighted by molar-refractivity contribution is 0.517. The van der Waals surface area contributed by atoms with Crippen LogP contribution >= 0.6 is 0 Å². The van der Waals surface area contributed by atoms with Gasteiger partial charge in [0.2, 0.25) is 0 Å². The van der Waals surface area contributed by atoms with Crippen LogP contribution in [0.2, 0.25) is 0 Å². The summed E-state index contributed by atoms with van der Waals surface area (Å²) >= 11 is 0. The summed E-state index contributed by atoms with van der Waals surface area (Å²) in [5, 5.41) is 0.671. The minimum Gasteiger partial charge on any atom is -0.361 e. The minimum atomic E-state index is -0.116. The molecule has 2 aromatic rings. The molecule has 3 N–H and O–H groups in total. The Morgan fingerprint density at radius 1 is 1.38 bits per heavy atom. The van der Waals surface area contributed by atoms with E-state index in [9.17, 15) is 4.39 Å². The normalized spacial score (nSPS) is 19.9. The number of aromatic nitrogens is 1. The van der Waals surface area contributed by atoms with Crippen molar-refractivity contribution in [1.29, 1.82) is 0 Å². The molecule has 3 heteroatoms. The van der Waals surface area contributed by atoms with Crippen LogP contribution in [0.5, 0.6) is 0 Å². The molecule has 16 heavy (non-hydrogen) atoms. The number of benzene rings is 1. The predicted octanol–water partition coefficient (Wildman–Crippen LogP) is 2.69. The zero-order valence-corrected chi connectivity index (χ0v) is 9.26. The van der Waals surface area contributed by atoms with Crippen LogP contribution in [-0.2, 0) is 5.41 Å². The number of halogens is 1. The first-order chi connectivity index (χ1) is 7.65. The van der Waals surface area contributed by atoms with Crippen LogP contribution in [0.1, 0.15) is 25.3 Å². The third-order valence-electron chi connectivity index (χ3n) is 3.87. The van der Waals surface area contributed by atoms with Gasteiger partial charge in [-0.2, -0.15) is 0 Å². The van der Waals surface area contributed by atoms with E-state index in [1.807, 2.05) is 19.1 Å². The highest BCUT2D eigenvalue weighted by atomic mass is 19.1. The van der Waals surface area contributed by atoms with E-state index >= 15 is 0 Å². The molecule has 1 heterocycles. The van der Waals surface area contributed by atoms with Crippen molar-refractivity contribution in [2.45, 2.75) is 31.2 Å². The van der Waals surface area contributed by atoms with Gasteiger partial charge >= 0.3 is 0 Å². The Balaban J connectivity index is 2.21. The van der Waals surface area contributed by atoms with Gasteiger partial charge in [0.1, 0.15) is 5.82 Å². The Bertz CT molecular complexity index is 538. The van der Waals surface area contributed by atoms with E-state index in [0.717, 1.165) is 23.9 Å². The monoisotopic (exact) mass is 218 g/mol. The van der Waals surface area contributed by atoms with Gasteiger partial charge in [-0.1, -0.05) is 6.07 Å². The molecule has 1 aliphatic carbocycles. The Morgan fingerprint density at radius 3 is 2.75 bits per heavy atom. The molecular weight excluding hydrogens is 203 g/mol. The Hall–Kier alpha value is -1.35. The zero-order chi connectivity index (χ0) is 11.3. The number of hydrogen-bond acceptors (Lipinski definition) is 1. The maximum absolute atomic E-state index is 14.3. The molecule has 84 valence electrons. The molecule has 0 aliphatic heterocycles. The van der Waals surface area contributed by atoms with Gasteiger partial charge in [-0.25, -0.2) is 4.39 Å². The molecule has 1 saturated carbocycles. The summed E-state index contributed by atoms with van der Waals surface area (Å²) in [6.45, 7) is 1.97. The predicted molar refractivity (Wildman–Crippen MR) is 62.8 cm³/mol. The van der Waals surface area contributed by atoms with Gasteiger partial charge in [-0.3, -0.25) is 0 Å². The van der Waals surface area contributed by atoms with Crippen LogP contribution in [0.3, 0.4) is 0 Å². The van der Waals surface area contributed by atoms with Crippen molar-refractivity contribution >= 4 is 10.9 Å². The van der Waals surface area contributed by atoms with Gasteiger partial charge < -0.3 is 10.7 Å². The molecule has 1 aromatic heterocycles. The number of rotatable bonds is 2. The zero-order valence-electron chi connectivity index (χ0n) is 9.26. The molecule has 0 saturated heterocycles. The van der Waals surface area contributed by atoms with Gasteiger partial charge in [0, 0.05) is 28.6 Å². The summed E-state index contributed by atoms with van der Waals surface area (Å²) in [6, 6.07) is 5.62. The van der Waals surface area contributed by atoms with E-state index in [0.29, 0.717) is 5.39 Å². The molecule has 1 atom stereocenters. The maximum atomic E-state index is 14.3. The number of aromatic amines is 1. The molecule has 0 bridgehead atoms. The van der Waals surface area contributed by atoms with Crippen molar-refractivity contribution < 1.29 is 4.39 Å². The lowest BCUT2D eigenvalue weighted by atomic mass is 9.88. The molecule has 0 radical (unpaired) electrons. The topological polar surface area (TPSA) is 41.8 Å². The standard InChI is InChI=1S/C13H15FN2/c1-8(15)13(5-6-13)10-2-3-11-9(12(10)14)4-7-16-11/h2-4,7-8,16H,5-6,15H2,1H3. The summed E-state index contributed by atoms with van der Waals surface area (Å²) in [5.41, 5.74) is 7.50. The summed E-state index contributed by atoms with van der Waals surface area (Å²) in [4.78, 5) is 3.02. The smallest absolute Gasteiger partial charge is 0.136 e.